The van der Waals surface area contributed by atoms with Gasteiger partial charge in [0.25, 0.3) is 0 Å². The number of nitriles is 1. The quantitative estimate of drug-likeness (QED) is 0.590. The van der Waals surface area contributed by atoms with Crippen molar-refractivity contribution in [3.63, 3.8) is 0 Å². The molecule has 136 valence electrons. The molecule has 2 heterocycles. The molecule has 0 radical (unpaired) electrons. The molecule has 26 heavy (non-hydrogen) atoms. The summed E-state index contributed by atoms with van der Waals surface area (Å²) in [6, 6.07) is 5.71. The Hall–Kier alpha value is -2.17. The number of aromatic nitrogens is 2. The molecule has 0 amide bonds. The molecule has 1 fully saturated rings. The predicted octanol–water partition coefficient (Wildman–Crippen LogP) is 4.40. The lowest BCUT2D eigenvalue weighted by Gasteiger charge is -2.28. The zero-order chi connectivity index (χ0) is 18.8. The van der Waals surface area contributed by atoms with Crippen LogP contribution < -0.4 is 0 Å². The highest BCUT2D eigenvalue weighted by Gasteiger charge is 2.23. The first-order valence-corrected chi connectivity index (χ1v) is 9.19. The number of aryl methyl sites for hydroxylation is 2. The number of allylic oxidation sites excluding steroid dienone is 1. The molecule has 2 aromatic rings. The SMILES string of the molecule is Cc1nn(C)c(C)c1SN1CCC(=C(C#N)c2c(F)cccc2F)CC1. The van der Waals surface area contributed by atoms with Gasteiger partial charge in [0.05, 0.1) is 33.5 Å². The molecular weight excluding hydrogens is 354 g/mol. The molecule has 0 spiro atoms. The van der Waals surface area contributed by atoms with Gasteiger partial charge in [-0.05, 0) is 56.3 Å². The van der Waals surface area contributed by atoms with Gasteiger partial charge in [-0.2, -0.15) is 10.4 Å². The molecule has 1 aliphatic heterocycles. The smallest absolute Gasteiger partial charge is 0.134 e. The van der Waals surface area contributed by atoms with E-state index in [1.807, 2.05) is 31.6 Å². The number of hydrogen-bond acceptors (Lipinski definition) is 4. The first kappa shape index (κ1) is 18.6. The normalized spacial score (nSPS) is 15.2. The first-order valence-electron chi connectivity index (χ1n) is 8.42. The maximum absolute atomic E-state index is 14.0. The van der Waals surface area contributed by atoms with Gasteiger partial charge in [0.2, 0.25) is 0 Å². The molecule has 3 rings (SSSR count). The van der Waals surface area contributed by atoms with Crippen molar-refractivity contribution in [2.45, 2.75) is 31.6 Å². The molecular formula is C19H20F2N4S. The number of benzene rings is 1. The van der Waals surface area contributed by atoms with E-state index in [9.17, 15) is 14.0 Å². The van der Waals surface area contributed by atoms with Gasteiger partial charge in [-0.15, -0.1) is 0 Å². The lowest BCUT2D eigenvalue weighted by atomic mass is 9.94. The highest BCUT2D eigenvalue weighted by atomic mass is 32.2. The third-order valence-corrected chi connectivity index (χ3v) is 6.06. The van der Waals surface area contributed by atoms with E-state index in [4.69, 9.17) is 0 Å². The number of piperidine rings is 1. The lowest BCUT2D eigenvalue weighted by Crippen LogP contribution is -2.25. The highest BCUT2D eigenvalue weighted by Crippen LogP contribution is 2.35. The standard InChI is InChI=1S/C19H20F2N4S/c1-12-19(13(2)24(3)23-12)26-25-9-7-14(8-10-25)15(11-22)18-16(20)5-4-6-17(18)21/h4-6H,7-10H2,1-3H3. The Bertz CT molecular complexity index is 881. The fourth-order valence-corrected chi connectivity index (χ4v) is 4.22. The van der Waals surface area contributed by atoms with Crippen LogP contribution in [0.3, 0.4) is 0 Å². The van der Waals surface area contributed by atoms with Crippen molar-refractivity contribution in [1.29, 1.82) is 5.26 Å². The van der Waals surface area contributed by atoms with Gasteiger partial charge < -0.3 is 0 Å². The average Bonchev–Trinajstić information content (AvgIpc) is 2.85. The van der Waals surface area contributed by atoms with Crippen molar-refractivity contribution in [2.24, 2.45) is 7.05 Å². The molecule has 1 aliphatic rings. The third-order valence-electron chi connectivity index (χ3n) is 4.67. The lowest BCUT2D eigenvalue weighted by molar-refractivity contribution is 0.435. The Balaban J connectivity index is 1.78. The Labute approximate surface area is 156 Å². The van der Waals surface area contributed by atoms with Crippen molar-refractivity contribution in [2.75, 3.05) is 13.1 Å². The molecule has 0 unspecified atom stereocenters. The van der Waals surface area contributed by atoms with Crippen LogP contribution >= 0.6 is 11.9 Å². The van der Waals surface area contributed by atoms with Crippen LogP contribution in [0.5, 0.6) is 0 Å². The summed E-state index contributed by atoms with van der Waals surface area (Å²) < 4.78 is 32.2. The largest absolute Gasteiger partial charge is 0.271 e. The van der Waals surface area contributed by atoms with Crippen LogP contribution in [0.25, 0.3) is 5.57 Å². The second-order valence-electron chi connectivity index (χ2n) is 6.33. The topological polar surface area (TPSA) is 44.9 Å². The molecule has 1 saturated heterocycles. The van der Waals surface area contributed by atoms with Crippen LogP contribution in [0, 0.1) is 36.8 Å². The summed E-state index contributed by atoms with van der Waals surface area (Å²) in [6.07, 6.45) is 1.23. The summed E-state index contributed by atoms with van der Waals surface area (Å²) in [6.45, 7) is 5.45. The maximum Gasteiger partial charge on any atom is 0.134 e. The summed E-state index contributed by atoms with van der Waals surface area (Å²) in [5.41, 5.74) is 2.85. The minimum atomic E-state index is -0.688. The average molecular weight is 374 g/mol. The number of nitrogens with zero attached hydrogens (tertiary/aromatic N) is 4. The molecule has 0 bridgehead atoms. The van der Waals surface area contributed by atoms with Crippen LogP contribution in [0.1, 0.15) is 29.8 Å². The van der Waals surface area contributed by atoms with E-state index < -0.39 is 11.6 Å². The maximum atomic E-state index is 14.0. The molecule has 0 aliphatic carbocycles. The Morgan fingerprint density at radius 3 is 2.31 bits per heavy atom. The van der Waals surface area contributed by atoms with Crippen LogP contribution in [0.2, 0.25) is 0 Å². The highest BCUT2D eigenvalue weighted by molar-refractivity contribution is 7.97. The molecule has 4 nitrogen and oxygen atoms in total. The zero-order valence-electron chi connectivity index (χ0n) is 15.0. The first-order chi connectivity index (χ1) is 12.4. The second-order valence-corrected chi connectivity index (χ2v) is 7.44. The van der Waals surface area contributed by atoms with Gasteiger partial charge in [-0.3, -0.25) is 4.68 Å². The second kappa shape index (κ2) is 7.60. The van der Waals surface area contributed by atoms with E-state index in [1.54, 1.807) is 11.9 Å². The monoisotopic (exact) mass is 374 g/mol. The van der Waals surface area contributed by atoms with Gasteiger partial charge in [0.1, 0.15) is 11.6 Å². The van der Waals surface area contributed by atoms with Crippen LogP contribution in [0.4, 0.5) is 8.78 Å². The summed E-state index contributed by atoms with van der Waals surface area (Å²) in [7, 11) is 1.92. The predicted molar refractivity (Wildman–Crippen MR) is 98.2 cm³/mol. The summed E-state index contributed by atoms with van der Waals surface area (Å²) in [5.74, 6) is -1.38. The molecule has 1 aromatic carbocycles. The van der Waals surface area contributed by atoms with Crippen molar-refractivity contribution in [1.82, 2.24) is 14.1 Å². The van der Waals surface area contributed by atoms with Gasteiger partial charge in [0, 0.05) is 20.1 Å². The number of halogens is 2. The van der Waals surface area contributed by atoms with Crippen molar-refractivity contribution in [3.8, 4) is 6.07 Å². The van der Waals surface area contributed by atoms with Crippen LogP contribution in [-0.2, 0) is 7.05 Å². The van der Waals surface area contributed by atoms with Crippen molar-refractivity contribution >= 4 is 17.5 Å². The Morgan fingerprint density at radius 2 is 1.81 bits per heavy atom. The molecule has 7 heteroatoms. The molecule has 1 aromatic heterocycles. The zero-order valence-corrected chi connectivity index (χ0v) is 15.8. The van der Waals surface area contributed by atoms with Crippen molar-refractivity contribution in [3.05, 3.63) is 52.4 Å². The summed E-state index contributed by atoms with van der Waals surface area (Å²) in [5, 5.41) is 13.9. The van der Waals surface area contributed by atoms with Gasteiger partial charge in [-0.25, -0.2) is 13.1 Å². The number of rotatable bonds is 3. The fraction of sp³-hybridized carbons (Fsp3) is 0.368. The van der Waals surface area contributed by atoms with E-state index in [-0.39, 0.29) is 11.1 Å². The van der Waals surface area contributed by atoms with E-state index >= 15 is 0 Å². The van der Waals surface area contributed by atoms with Gasteiger partial charge >= 0.3 is 0 Å². The van der Waals surface area contributed by atoms with Gasteiger partial charge in [0.15, 0.2) is 0 Å². The van der Waals surface area contributed by atoms with E-state index in [2.05, 4.69) is 9.40 Å². The number of hydrogen-bond donors (Lipinski definition) is 0. The molecule has 0 N–H and O–H groups in total. The van der Waals surface area contributed by atoms with Crippen molar-refractivity contribution < 1.29 is 8.78 Å². The van der Waals surface area contributed by atoms with E-state index in [0.29, 0.717) is 12.8 Å². The third kappa shape index (κ3) is 3.53. The van der Waals surface area contributed by atoms with Crippen LogP contribution in [-0.4, -0.2) is 27.2 Å². The summed E-state index contributed by atoms with van der Waals surface area (Å²) >= 11 is 1.66. The van der Waals surface area contributed by atoms with E-state index in [0.717, 1.165) is 34.9 Å². The van der Waals surface area contributed by atoms with E-state index in [1.165, 1.54) is 18.2 Å². The Kier molecular flexibility index (Phi) is 5.44. The molecule has 0 saturated carbocycles. The van der Waals surface area contributed by atoms with Crippen LogP contribution in [0.15, 0.2) is 28.7 Å². The van der Waals surface area contributed by atoms with Gasteiger partial charge in [-0.1, -0.05) is 6.07 Å². The minimum Gasteiger partial charge on any atom is -0.271 e. The fourth-order valence-electron chi connectivity index (χ4n) is 3.16. The summed E-state index contributed by atoms with van der Waals surface area (Å²) in [4.78, 5) is 1.14. The molecule has 0 atom stereocenters. The Morgan fingerprint density at radius 1 is 1.19 bits per heavy atom. The minimum absolute atomic E-state index is 0.138.